The van der Waals surface area contributed by atoms with Gasteiger partial charge in [-0.3, -0.25) is 4.90 Å². The number of hydrogen-bond acceptors (Lipinski definition) is 4. The molecule has 1 aromatic heterocycles. The fourth-order valence-electron chi connectivity index (χ4n) is 2.52. The molecule has 0 bridgehead atoms. The van der Waals surface area contributed by atoms with Crippen LogP contribution >= 0.6 is 11.3 Å². The second-order valence-electron chi connectivity index (χ2n) is 7.39. The zero-order valence-corrected chi connectivity index (χ0v) is 16.3. The van der Waals surface area contributed by atoms with Crippen molar-refractivity contribution in [1.29, 1.82) is 0 Å². The fourth-order valence-corrected chi connectivity index (χ4v) is 3.45. The van der Waals surface area contributed by atoms with Gasteiger partial charge >= 0.3 is 0 Å². The highest BCUT2D eigenvalue weighted by Gasteiger charge is 2.17. The largest absolute Gasteiger partial charge is 0.389 e. The number of thiophene rings is 1. The van der Waals surface area contributed by atoms with Crippen molar-refractivity contribution in [2.75, 3.05) is 13.2 Å². The predicted octanol–water partition coefficient (Wildman–Crippen LogP) is 4.37. The number of halogens is 1. The predicted molar refractivity (Wildman–Crippen MR) is 101 cm³/mol. The van der Waals surface area contributed by atoms with Gasteiger partial charge in [0.2, 0.25) is 0 Å². The summed E-state index contributed by atoms with van der Waals surface area (Å²) in [6, 6.07) is 10.8. The first kappa shape index (κ1) is 20.0. The molecule has 0 unspecified atom stereocenters. The second kappa shape index (κ2) is 8.90. The molecule has 1 atom stereocenters. The number of hydrogen-bond donors (Lipinski definition) is 1. The standard InChI is InChI=1S/C20H28FNO2S/c1-15-5-10-19(25-15)13-22(11-16-6-8-17(21)9-7-16)12-18(23)14-24-20(2,3)4/h5-10,18,23H,11-14H2,1-4H3/t18-/m1/s1. The van der Waals surface area contributed by atoms with E-state index in [4.69, 9.17) is 4.74 Å². The summed E-state index contributed by atoms with van der Waals surface area (Å²) in [7, 11) is 0. The highest BCUT2D eigenvalue weighted by atomic mass is 32.1. The van der Waals surface area contributed by atoms with Crippen molar-refractivity contribution in [2.45, 2.75) is 52.5 Å². The SMILES string of the molecule is Cc1ccc(CN(Cc2ccc(F)cc2)C[C@@H](O)COC(C)(C)C)s1. The lowest BCUT2D eigenvalue weighted by Gasteiger charge is -2.27. The molecule has 1 heterocycles. The molecule has 0 aliphatic rings. The molecule has 0 radical (unpaired) electrons. The van der Waals surface area contributed by atoms with Gasteiger partial charge in [-0.1, -0.05) is 12.1 Å². The van der Waals surface area contributed by atoms with Crippen LogP contribution in [0.5, 0.6) is 0 Å². The average molecular weight is 366 g/mol. The summed E-state index contributed by atoms with van der Waals surface area (Å²) in [5.74, 6) is -0.234. The lowest BCUT2D eigenvalue weighted by atomic mass is 10.2. The average Bonchev–Trinajstić information content (AvgIpc) is 2.92. The first-order valence-electron chi connectivity index (χ1n) is 8.55. The molecule has 138 valence electrons. The summed E-state index contributed by atoms with van der Waals surface area (Å²) >= 11 is 1.76. The second-order valence-corrected chi connectivity index (χ2v) is 8.76. The van der Waals surface area contributed by atoms with E-state index in [0.717, 1.165) is 12.1 Å². The van der Waals surface area contributed by atoms with Crippen LogP contribution in [0.2, 0.25) is 0 Å². The molecule has 3 nitrogen and oxygen atoms in total. The van der Waals surface area contributed by atoms with E-state index in [9.17, 15) is 9.50 Å². The van der Waals surface area contributed by atoms with Crippen molar-refractivity contribution in [3.05, 3.63) is 57.5 Å². The van der Waals surface area contributed by atoms with Crippen LogP contribution in [0.3, 0.4) is 0 Å². The molecule has 1 N–H and O–H groups in total. The van der Waals surface area contributed by atoms with Gasteiger partial charge in [-0.2, -0.15) is 0 Å². The third-order valence-corrected chi connectivity index (χ3v) is 4.66. The summed E-state index contributed by atoms with van der Waals surface area (Å²) in [4.78, 5) is 4.70. The molecule has 0 amide bonds. The molecular weight excluding hydrogens is 337 g/mol. The molecule has 2 rings (SSSR count). The van der Waals surface area contributed by atoms with Crippen LogP contribution in [0.15, 0.2) is 36.4 Å². The number of aryl methyl sites for hydroxylation is 1. The van der Waals surface area contributed by atoms with E-state index < -0.39 is 6.10 Å². The fraction of sp³-hybridized carbons (Fsp3) is 0.500. The van der Waals surface area contributed by atoms with Crippen molar-refractivity contribution in [3.8, 4) is 0 Å². The molecule has 0 aliphatic heterocycles. The molecule has 0 saturated carbocycles. The lowest BCUT2D eigenvalue weighted by Crippen LogP contribution is -2.36. The van der Waals surface area contributed by atoms with Gasteiger partial charge in [0.25, 0.3) is 0 Å². The lowest BCUT2D eigenvalue weighted by molar-refractivity contribution is -0.0572. The summed E-state index contributed by atoms with van der Waals surface area (Å²) in [6.45, 7) is 10.2. The van der Waals surface area contributed by atoms with Crippen LogP contribution in [0, 0.1) is 12.7 Å². The topological polar surface area (TPSA) is 32.7 Å². The molecule has 0 fully saturated rings. The number of aliphatic hydroxyl groups excluding tert-OH is 1. The minimum Gasteiger partial charge on any atom is -0.389 e. The number of benzene rings is 1. The molecular formula is C20H28FNO2S. The number of aliphatic hydroxyl groups is 1. The highest BCUT2D eigenvalue weighted by Crippen LogP contribution is 2.19. The quantitative estimate of drug-likeness (QED) is 0.754. The Morgan fingerprint density at radius 2 is 1.80 bits per heavy atom. The number of rotatable bonds is 8. The summed E-state index contributed by atoms with van der Waals surface area (Å²) in [6.07, 6.45) is -0.569. The Labute approximate surface area is 154 Å². The zero-order valence-electron chi connectivity index (χ0n) is 15.5. The van der Waals surface area contributed by atoms with Gasteiger partial charge in [-0.05, 0) is 57.5 Å². The van der Waals surface area contributed by atoms with Crippen LogP contribution in [-0.2, 0) is 17.8 Å². The summed E-state index contributed by atoms with van der Waals surface area (Å²) in [5, 5.41) is 10.4. The molecule has 0 saturated heterocycles. The van der Waals surface area contributed by atoms with Gasteiger partial charge < -0.3 is 9.84 Å². The smallest absolute Gasteiger partial charge is 0.123 e. The van der Waals surface area contributed by atoms with Gasteiger partial charge in [0.15, 0.2) is 0 Å². The minimum absolute atomic E-state index is 0.234. The van der Waals surface area contributed by atoms with Crippen LogP contribution in [-0.4, -0.2) is 34.9 Å². The van der Waals surface area contributed by atoms with Crippen LogP contribution in [0.4, 0.5) is 4.39 Å². The summed E-state index contributed by atoms with van der Waals surface area (Å²) in [5.41, 5.74) is 0.756. The first-order valence-corrected chi connectivity index (χ1v) is 9.37. The third-order valence-electron chi connectivity index (χ3n) is 3.67. The Kier molecular flexibility index (Phi) is 7.14. The number of nitrogens with zero attached hydrogens (tertiary/aromatic N) is 1. The maximum atomic E-state index is 13.1. The van der Waals surface area contributed by atoms with Crippen molar-refractivity contribution in [1.82, 2.24) is 4.90 Å². The maximum absolute atomic E-state index is 13.1. The Bertz CT molecular complexity index is 648. The van der Waals surface area contributed by atoms with Gasteiger partial charge in [0.05, 0.1) is 18.3 Å². The molecule has 2 aromatic rings. The van der Waals surface area contributed by atoms with Crippen LogP contribution in [0.25, 0.3) is 0 Å². The van der Waals surface area contributed by atoms with Crippen molar-refractivity contribution < 1.29 is 14.2 Å². The van der Waals surface area contributed by atoms with E-state index in [0.29, 0.717) is 19.7 Å². The Morgan fingerprint density at radius 1 is 1.12 bits per heavy atom. The Balaban J connectivity index is 2.01. The molecule has 25 heavy (non-hydrogen) atoms. The van der Waals surface area contributed by atoms with Gasteiger partial charge in [0.1, 0.15) is 5.82 Å². The van der Waals surface area contributed by atoms with Gasteiger partial charge in [-0.25, -0.2) is 4.39 Å². The minimum atomic E-state index is -0.569. The van der Waals surface area contributed by atoms with Crippen molar-refractivity contribution in [2.24, 2.45) is 0 Å². The molecule has 0 aliphatic carbocycles. The van der Waals surface area contributed by atoms with Gasteiger partial charge in [-0.15, -0.1) is 11.3 Å². The molecule has 1 aromatic carbocycles. The van der Waals surface area contributed by atoms with Crippen LogP contribution < -0.4 is 0 Å². The maximum Gasteiger partial charge on any atom is 0.123 e. The Morgan fingerprint density at radius 3 is 2.36 bits per heavy atom. The van der Waals surface area contributed by atoms with Gasteiger partial charge in [0, 0.05) is 29.4 Å². The third kappa shape index (κ3) is 7.65. The molecule has 0 spiro atoms. The number of ether oxygens (including phenoxy) is 1. The van der Waals surface area contributed by atoms with Crippen LogP contribution in [0.1, 0.15) is 36.1 Å². The Hall–Kier alpha value is -1.27. The van der Waals surface area contributed by atoms with E-state index in [1.807, 2.05) is 20.8 Å². The van der Waals surface area contributed by atoms with E-state index in [1.54, 1.807) is 23.5 Å². The molecule has 5 heteroatoms. The zero-order chi connectivity index (χ0) is 18.4. The summed E-state index contributed by atoms with van der Waals surface area (Å²) < 4.78 is 18.8. The van der Waals surface area contributed by atoms with Crippen molar-refractivity contribution in [3.63, 3.8) is 0 Å². The van der Waals surface area contributed by atoms with Crippen molar-refractivity contribution >= 4 is 11.3 Å². The van der Waals surface area contributed by atoms with E-state index >= 15 is 0 Å². The highest BCUT2D eigenvalue weighted by molar-refractivity contribution is 7.11. The monoisotopic (exact) mass is 365 g/mol. The van der Waals surface area contributed by atoms with E-state index in [2.05, 4.69) is 24.0 Å². The van der Waals surface area contributed by atoms with E-state index in [1.165, 1.54) is 21.9 Å². The normalized spacial score (nSPS) is 13.4. The first-order chi connectivity index (χ1) is 11.7. The van der Waals surface area contributed by atoms with E-state index in [-0.39, 0.29) is 11.4 Å².